The fourth-order valence-corrected chi connectivity index (χ4v) is 4.70. The maximum atomic E-state index is 13.9. The molecule has 0 aliphatic heterocycles. The Labute approximate surface area is 144 Å². The molecule has 1 fully saturated rings. The predicted octanol–water partition coefficient (Wildman–Crippen LogP) is 4.18. The van der Waals surface area contributed by atoms with Crippen LogP contribution in [-0.2, 0) is 17.4 Å². The molecule has 4 rings (SSSR count). The Bertz CT molecular complexity index is 861. The van der Waals surface area contributed by atoms with E-state index in [1.165, 1.54) is 23.0 Å². The molecule has 0 N–H and O–H groups in total. The second-order valence-electron chi connectivity index (χ2n) is 7.23. The number of carbonyl (C=O) groups excluding carboxylic acids is 1. The van der Waals surface area contributed by atoms with Gasteiger partial charge in [-0.3, -0.25) is 4.68 Å². The number of fused-ring (bicyclic) bond motifs is 5. The highest BCUT2D eigenvalue weighted by molar-refractivity contribution is 6.32. The third-order valence-corrected chi connectivity index (χ3v) is 6.32. The third-order valence-electron chi connectivity index (χ3n) is 5.88. The average Bonchev–Trinajstić information content (AvgIpc) is 3.04. The van der Waals surface area contributed by atoms with E-state index in [4.69, 9.17) is 16.3 Å². The van der Waals surface area contributed by atoms with Gasteiger partial charge in [0.1, 0.15) is 22.1 Å². The molecule has 1 saturated carbocycles. The highest BCUT2D eigenvalue weighted by Crippen LogP contribution is 2.68. The number of halogens is 2. The lowest BCUT2D eigenvalue weighted by Crippen LogP contribution is -2.39. The van der Waals surface area contributed by atoms with Crippen molar-refractivity contribution in [1.29, 1.82) is 0 Å². The summed E-state index contributed by atoms with van der Waals surface area (Å²) in [6.07, 6.45) is 3.01. The lowest BCUT2D eigenvalue weighted by atomic mass is 9.76. The van der Waals surface area contributed by atoms with Gasteiger partial charge in [-0.1, -0.05) is 31.5 Å². The molecule has 0 radical (unpaired) electrons. The molecule has 126 valence electrons. The molecule has 4 nitrogen and oxygen atoms in total. The first kappa shape index (κ1) is 15.6. The molecular weight excluding hydrogens is 331 g/mol. The van der Waals surface area contributed by atoms with Gasteiger partial charge in [-0.05, 0) is 36.5 Å². The Hall–Kier alpha value is -1.88. The molecule has 2 aliphatic rings. The van der Waals surface area contributed by atoms with E-state index in [1.807, 2.05) is 6.07 Å². The molecule has 2 bridgehead atoms. The van der Waals surface area contributed by atoms with Crippen molar-refractivity contribution in [1.82, 2.24) is 9.78 Å². The molecule has 24 heavy (non-hydrogen) atoms. The summed E-state index contributed by atoms with van der Waals surface area (Å²) in [6, 6.07) is 4.81. The summed E-state index contributed by atoms with van der Waals surface area (Å²) in [5, 5.41) is 4.23. The van der Waals surface area contributed by atoms with Gasteiger partial charge < -0.3 is 4.74 Å². The van der Waals surface area contributed by atoms with Gasteiger partial charge in [0.2, 0.25) is 0 Å². The van der Waals surface area contributed by atoms with Gasteiger partial charge in [0.05, 0.1) is 6.20 Å². The summed E-state index contributed by atoms with van der Waals surface area (Å²) in [5.74, 6) is -0.573. The summed E-state index contributed by atoms with van der Waals surface area (Å²) in [5.41, 5.74) is 0.978. The summed E-state index contributed by atoms with van der Waals surface area (Å²) in [4.78, 5) is 12.7. The molecule has 0 spiro atoms. The van der Waals surface area contributed by atoms with Crippen molar-refractivity contribution in [2.75, 3.05) is 0 Å². The molecule has 6 heteroatoms. The summed E-state index contributed by atoms with van der Waals surface area (Å²) in [7, 11) is 1.66. The molecular formula is C18H18ClFN2O2. The Balaban J connectivity index is 1.80. The third kappa shape index (κ3) is 1.79. The van der Waals surface area contributed by atoms with Crippen molar-refractivity contribution in [2.45, 2.75) is 38.2 Å². The van der Waals surface area contributed by atoms with Crippen LogP contribution in [0.5, 0.6) is 0 Å². The fourth-order valence-electron chi connectivity index (χ4n) is 4.53. The summed E-state index contributed by atoms with van der Waals surface area (Å²) < 4.78 is 21.3. The van der Waals surface area contributed by atoms with Crippen molar-refractivity contribution in [3.05, 3.63) is 52.1 Å². The number of aromatic nitrogens is 2. The molecule has 2 aromatic rings. The van der Waals surface area contributed by atoms with E-state index >= 15 is 0 Å². The van der Waals surface area contributed by atoms with E-state index in [-0.39, 0.29) is 27.9 Å². The monoisotopic (exact) mass is 348 g/mol. The van der Waals surface area contributed by atoms with Gasteiger partial charge in [-0.25, -0.2) is 9.18 Å². The number of hydrogen-bond acceptors (Lipinski definition) is 3. The van der Waals surface area contributed by atoms with Crippen LogP contribution in [0.2, 0.25) is 5.15 Å². The number of esters is 1. The normalized spacial score (nSPS) is 26.5. The zero-order chi connectivity index (χ0) is 17.3. The molecule has 2 aliphatic carbocycles. The first-order chi connectivity index (χ1) is 11.3. The predicted molar refractivity (Wildman–Crippen MR) is 87.5 cm³/mol. The summed E-state index contributed by atoms with van der Waals surface area (Å²) in [6.45, 7) is 4.17. The van der Waals surface area contributed by atoms with Crippen LogP contribution in [0.15, 0.2) is 24.4 Å². The maximum absolute atomic E-state index is 13.9. The SMILES string of the molecule is Cn1ncc(C(=O)OC23CCC(c4ccc(F)cc42)C3(C)C)c1Cl. The second-order valence-corrected chi connectivity index (χ2v) is 7.59. The number of hydrogen-bond donors (Lipinski definition) is 0. The van der Waals surface area contributed by atoms with Gasteiger partial charge in [-0.2, -0.15) is 5.10 Å². The minimum Gasteiger partial charge on any atom is -0.450 e. The maximum Gasteiger partial charge on any atom is 0.343 e. The van der Waals surface area contributed by atoms with Gasteiger partial charge in [0.25, 0.3) is 0 Å². The van der Waals surface area contributed by atoms with Gasteiger partial charge in [-0.15, -0.1) is 0 Å². The zero-order valence-electron chi connectivity index (χ0n) is 13.8. The van der Waals surface area contributed by atoms with Crippen molar-refractivity contribution < 1.29 is 13.9 Å². The van der Waals surface area contributed by atoms with Crippen molar-refractivity contribution in [2.24, 2.45) is 12.5 Å². The highest BCUT2D eigenvalue weighted by atomic mass is 35.5. The van der Waals surface area contributed by atoms with Crippen molar-refractivity contribution in [3.63, 3.8) is 0 Å². The summed E-state index contributed by atoms with van der Waals surface area (Å²) >= 11 is 6.12. The lowest BCUT2D eigenvalue weighted by molar-refractivity contribution is -0.0683. The van der Waals surface area contributed by atoms with Crippen LogP contribution in [0.4, 0.5) is 4.39 Å². The number of rotatable bonds is 2. The van der Waals surface area contributed by atoms with Crippen LogP contribution in [0.1, 0.15) is 54.1 Å². The first-order valence-electron chi connectivity index (χ1n) is 7.99. The van der Waals surface area contributed by atoms with Crippen LogP contribution in [0, 0.1) is 11.2 Å². The van der Waals surface area contributed by atoms with Crippen LogP contribution in [-0.4, -0.2) is 15.7 Å². The number of benzene rings is 1. The Morgan fingerprint density at radius 3 is 2.88 bits per heavy atom. The highest BCUT2D eigenvalue weighted by Gasteiger charge is 2.65. The van der Waals surface area contributed by atoms with Crippen LogP contribution in [0.25, 0.3) is 0 Å². The number of ether oxygens (including phenoxy) is 1. The molecule has 1 aromatic heterocycles. The quantitative estimate of drug-likeness (QED) is 0.765. The lowest BCUT2D eigenvalue weighted by Gasteiger charge is -2.38. The van der Waals surface area contributed by atoms with E-state index < -0.39 is 11.6 Å². The molecule has 2 unspecified atom stereocenters. The van der Waals surface area contributed by atoms with Crippen LogP contribution < -0.4 is 0 Å². The van der Waals surface area contributed by atoms with E-state index in [1.54, 1.807) is 7.05 Å². The van der Waals surface area contributed by atoms with Gasteiger partial charge in [0.15, 0.2) is 0 Å². The van der Waals surface area contributed by atoms with Crippen LogP contribution in [0.3, 0.4) is 0 Å². The standard InChI is InChI=1S/C18H18ClFN2O2/c1-17(2)13-6-7-18(17,14-8-10(20)4-5-11(13)14)24-16(23)12-9-21-22(3)15(12)19/h4-5,8-9,13H,6-7H2,1-3H3. The number of nitrogens with zero attached hydrogens (tertiary/aromatic N) is 2. The number of carbonyl (C=O) groups is 1. The largest absolute Gasteiger partial charge is 0.450 e. The van der Waals surface area contributed by atoms with E-state index in [0.29, 0.717) is 6.42 Å². The Kier molecular flexibility index (Phi) is 3.14. The van der Waals surface area contributed by atoms with E-state index in [2.05, 4.69) is 18.9 Å². The van der Waals surface area contributed by atoms with Gasteiger partial charge in [0, 0.05) is 18.0 Å². The van der Waals surface area contributed by atoms with Crippen LogP contribution >= 0.6 is 11.6 Å². The molecule has 0 saturated heterocycles. The van der Waals surface area contributed by atoms with Gasteiger partial charge >= 0.3 is 5.97 Å². The fraction of sp³-hybridized carbons (Fsp3) is 0.444. The molecule has 1 heterocycles. The second kappa shape index (κ2) is 4.82. The minimum absolute atomic E-state index is 0.234. The topological polar surface area (TPSA) is 44.1 Å². The van der Waals surface area contributed by atoms with E-state index in [9.17, 15) is 9.18 Å². The Morgan fingerprint density at radius 2 is 2.21 bits per heavy atom. The van der Waals surface area contributed by atoms with E-state index in [0.717, 1.165) is 17.5 Å². The first-order valence-corrected chi connectivity index (χ1v) is 8.36. The smallest absolute Gasteiger partial charge is 0.343 e. The number of aryl methyl sites for hydroxylation is 1. The van der Waals surface area contributed by atoms with Crippen molar-refractivity contribution >= 4 is 17.6 Å². The zero-order valence-corrected chi connectivity index (χ0v) is 14.5. The average molecular weight is 349 g/mol. The molecule has 0 amide bonds. The van der Waals surface area contributed by atoms with Crippen molar-refractivity contribution in [3.8, 4) is 0 Å². The minimum atomic E-state index is -0.828. The molecule has 2 atom stereocenters. The Morgan fingerprint density at radius 1 is 1.46 bits per heavy atom. The molecule has 1 aromatic carbocycles.